The van der Waals surface area contributed by atoms with Crippen molar-refractivity contribution in [2.75, 3.05) is 18.3 Å². The van der Waals surface area contributed by atoms with Crippen LogP contribution in [0.15, 0.2) is 114 Å². The first-order valence-electron chi connectivity index (χ1n) is 13.3. The molecule has 1 heterocycles. The van der Waals surface area contributed by atoms with Gasteiger partial charge in [-0.05, 0) is 48.0 Å². The van der Waals surface area contributed by atoms with Crippen molar-refractivity contribution in [1.29, 1.82) is 0 Å². The van der Waals surface area contributed by atoms with Crippen LogP contribution in [0.1, 0.15) is 41.1 Å². The van der Waals surface area contributed by atoms with Crippen LogP contribution in [0.25, 0.3) is 0 Å². The third kappa shape index (κ3) is 7.15. The van der Waals surface area contributed by atoms with E-state index >= 15 is 0 Å². The number of hydrogen-bond donors (Lipinski definition) is 2. The lowest BCUT2D eigenvalue weighted by atomic mass is 9.99. The Labute approximate surface area is 236 Å². The summed E-state index contributed by atoms with van der Waals surface area (Å²) in [5.41, 5.74) is 4.36. The highest BCUT2D eigenvalue weighted by Crippen LogP contribution is 2.38. The molecule has 1 saturated heterocycles. The maximum atomic E-state index is 12.7. The van der Waals surface area contributed by atoms with Crippen LogP contribution in [-0.4, -0.2) is 38.1 Å². The predicted octanol–water partition coefficient (Wildman–Crippen LogP) is 5.66. The molecule has 0 amide bonds. The van der Waals surface area contributed by atoms with Crippen LogP contribution < -0.4 is 4.72 Å². The van der Waals surface area contributed by atoms with Crippen LogP contribution >= 0.6 is 0 Å². The van der Waals surface area contributed by atoms with Gasteiger partial charge in [0.1, 0.15) is 0 Å². The van der Waals surface area contributed by atoms with Crippen molar-refractivity contribution in [3.05, 3.63) is 131 Å². The number of aliphatic hydroxyl groups excluding tert-OH is 1. The van der Waals surface area contributed by atoms with Gasteiger partial charge in [-0.2, -0.15) is 0 Å². The van der Waals surface area contributed by atoms with Crippen LogP contribution in [0.5, 0.6) is 0 Å². The molecular weight excluding hydrogens is 524 g/mol. The summed E-state index contributed by atoms with van der Waals surface area (Å²) < 4.78 is 41.0. The second kappa shape index (κ2) is 12.8. The Hall–Kier alpha value is -3.53. The molecule has 8 heteroatoms. The smallest absolute Gasteiger partial charge is 0.261 e. The van der Waals surface area contributed by atoms with E-state index in [4.69, 9.17) is 9.47 Å². The average molecular weight is 559 g/mol. The third-order valence-electron chi connectivity index (χ3n) is 6.91. The molecule has 0 radical (unpaired) electrons. The summed E-state index contributed by atoms with van der Waals surface area (Å²) in [6, 6.07) is 33.5. The highest BCUT2D eigenvalue weighted by Gasteiger charge is 2.33. The maximum absolute atomic E-state index is 12.7. The minimum Gasteiger partial charge on any atom is -0.392 e. The molecule has 4 aromatic carbocycles. The molecule has 1 aliphatic heterocycles. The molecule has 0 bridgehead atoms. The normalized spacial score (nSPS) is 19.4. The van der Waals surface area contributed by atoms with Crippen molar-refractivity contribution in [3.63, 3.8) is 0 Å². The number of sulfonamides is 1. The van der Waals surface area contributed by atoms with Gasteiger partial charge in [0.15, 0.2) is 6.29 Å². The predicted molar refractivity (Wildman–Crippen MR) is 155 cm³/mol. The summed E-state index contributed by atoms with van der Waals surface area (Å²) in [5.74, 6) is 0. The number of nitrogens with zero attached hydrogens (tertiary/aromatic N) is 1. The Morgan fingerprint density at radius 2 is 1.43 bits per heavy atom. The van der Waals surface area contributed by atoms with Crippen molar-refractivity contribution < 1.29 is 23.0 Å². The lowest BCUT2D eigenvalue weighted by Gasteiger charge is -2.38. The Kier molecular flexibility index (Phi) is 8.94. The quantitative estimate of drug-likeness (QED) is 0.261. The van der Waals surface area contributed by atoms with E-state index in [1.54, 1.807) is 42.5 Å². The van der Waals surface area contributed by atoms with Crippen LogP contribution in [0.2, 0.25) is 0 Å². The molecule has 7 nitrogen and oxygen atoms in total. The Morgan fingerprint density at radius 1 is 0.800 bits per heavy atom. The number of hydrogen-bond acceptors (Lipinski definition) is 6. The van der Waals surface area contributed by atoms with E-state index in [1.807, 2.05) is 54.6 Å². The molecule has 1 aliphatic rings. The summed E-state index contributed by atoms with van der Waals surface area (Å²) in [5, 5.41) is 9.45. The van der Waals surface area contributed by atoms with E-state index in [9.17, 15) is 13.5 Å². The number of ether oxygens (including phenoxy) is 2. The number of nitrogens with one attached hydrogen (secondary N) is 1. The first-order chi connectivity index (χ1) is 19.4. The summed E-state index contributed by atoms with van der Waals surface area (Å²) in [4.78, 5) is 2.45. The van der Waals surface area contributed by atoms with Gasteiger partial charge in [-0.15, -0.1) is 0 Å². The van der Waals surface area contributed by atoms with Crippen molar-refractivity contribution in [2.24, 2.45) is 0 Å². The van der Waals surface area contributed by atoms with Crippen LogP contribution in [0.4, 0.5) is 5.69 Å². The van der Waals surface area contributed by atoms with Gasteiger partial charge in [-0.25, -0.2) is 8.42 Å². The minimum absolute atomic E-state index is 0.00910. The van der Waals surface area contributed by atoms with E-state index in [0.29, 0.717) is 12.1 Å². The standard InChI is InChI=1S/C32H34N2O5S/c1-34(21-24-8-4-2-5-9-24)22-29-20-31(26-14-12-25(23-35)13-15-26)39-32(38-29)27-16-18-28(19-17-27)33-40(36,37)30-10-6-3-7-11-30/h2-19,29,31-33,35H,20-23H2,1H3. The number of benzene rings is 4. The Bertz CT molecular complexity index is 1460. The molecule has 5 rings (SSSR count). The number of likely N-dealkylation sites (N-methyl/N-ethyl adjacent to an activating group) is 1. The molecule has 3 atom stereocenters. The summed E-state index contributed by atoms with van der Waals surface area (Å²) in [7, 11) is -1.60. The van der Waals surface area contributed by atoms with Gasteiger partial charge < -0.3 is 14.6 Å². The number of aliphatic hydroxyl groups is 1. The molecule has 4 aromatic rings. The molecule has 3 unspecified atom stereocenters. The SMILES string of the molecule is CN(Cc1ccccc1)CC1CC(c2ccc(CO)cc2)OC(c2ccc(NS(=O)(=O)c3ccccc3)cc2)O1. The molecular formula is C32H34N2O5S. The topological polar surface area (TPSA) is 88.1 Å². The molecule has 2 N–H and O–H groups in total. The maximum Gasteiger partial charge on any atom is 0.261 e. The van der Waals surface area contributed by atoms with Gasteiger partial charge in [0.2, 0.25) is 0 Å². The Balaban J connectivity index is 1.32. The second-order valence-electron chi connectivity index (χ2n) is 10.1. The molecule has 0 aliphatic carbocycles. The van der Waals surface area contributed by atoms with Gasteiger partial charge in [-0.3, -0.25) is 9.62 Å². The van der Waals surface area contributed by atoms with Crippen LogP contribution in [-0.2, 0) is 32.6 Å². The van der Waals surface area contributed by atoms with E-state index in [-0.39, 0.29) is 23.7 Å². The molecule has 40 heavy (non-hydrogen) atoms. The van der Waals surface area contributed by atoms with Crippen LogP contribution in [0, 0.1) is 0 Å². The van der Waals surface area contributed by atoms with Gasteiger partial charge in [0.25, 0.3) is 10.0 Å². The minimum atomic E-state index is -3.69. The Morgan fingerprint density at radius 3 is 2.08 bits per heavy atom. The third-order valence-corrected chi connectivity index (χ3v) is 8.31. The number of rotatable bonds is 10. The van der Waals surface area contributed by atoms with Gasteiger partial charge in [0, 0.05) is 30.8 Å². The van der Waals surface area contributed by atoms with Crippen molar-refractivity contribution >= 4 is 15.7 Å². The molecule has 0 saturated carbocycles. The lowest BCUT2D eigenvalue weighted by molar-refractivity contribution is -0.252. The molecule has 0 spiro atoms. The van der Waals surface area contributed by atoms with Gasteiger partial charge in [0.05, 0.1) is 23.7 Å². The van der Waals surface area contributed by atoms with Crippen LogP contribution in [0.3, 0.4) is 0 Å². The van der Waals surface area contributed by atoms with E-state index in [1.165, 1.54) is 5.56 Å². The molecule has 0 aromatic heterocycles. The largest absolute Gasteiger partial charge is 0.392 e. The van der Waals surface area contributed by atoms with Crippen molar-refractivity contribution in [3.8, 4) is 0 Å². The lowest BCUT2D eigenvalue weighted by Crippen LogP contribution is -2.37. The zero-order valence-corrected chi connectivity index (χ0v) is 23.2. The zero-order valence-electron chi connectivity index (χ0n) is 22.4. The summed E-state index contributed by atoms with van der Waals surface area (Å²) in [6.07, 6.45) is -0.224. The fourth-order valence-corrected chi connectivity index (χ4v) is 5.94. The fourth-order valence-electron chi connectivity index (χ4n) is 4.86. The fraction of sp³-hybridized carbons (Fsp3) is 0.250. The summed E-state index contributed by atoms with van der Waals surface area (Å²) in [6.45, 7) is 1.51. The van der Waals surface area contributed by atoms with E-state index in [2.05, 4.69) is 28.8 Å². The molecule has 1 fully saturated rings. The van der Waals surface area contributed by atoms with Crippen molar-refractivity contribution in [2.45, 2.75) is 43.0 Å². The van der Waals surface area contributed by atoms with E-state index in [0.717, 1.165) is 29.8 Å². The monoisotopic (exact) mass is 558 g/mol. The first-order valence-corrected chi connectivity index (χ1v) is 14.8. The highest BCUT2D eigenvalue weighted by molar-refractivity contribution is 7.92. The van der Waals surface area contributed by atoms with Crippen molar-refractivity contribution in [1.82, 2.24) is 4.90 Å². The van der Waals surface area contributed by atoms with E-state index < -0.39 is 16.3 Å². The van der Waals surface area contributed by atoms with Gasteiger partial charge >= 0.3 is 0 Å². The second-order valence-corrected chi connectivity index (χ2v) is 11.8. The number of anilines is 1. The average Bonchev–Trinajstić information content (AvgIpc) is 2.98. The van der Waals surface area contributed by atoms with Gasteiger partial charge in [-0.1, -0.05) is 84.9 Å². The zero-order chi connectivity index (χ0) is 28.0. The first kappa shape index (κ1) is 28.0. The molecule has 208 valence electrons. The summed E-state index contributed by atoms with van der Waals surface area (Å²) >= 11 is 0. The highest BCUT2D eigenvalue weighted by atomic mass is 32.2.